The Kier molecular flexibility index (Phi) is 15.7. The molecule has 0 amide bonds. The second kappa shape index (κ2) is 16.7. The Balaban J connectivity index is 5.16. The molecule has 0 saturated heterocycles. The summed E-state index contributed by atoms with van der Waals surface area (Å²) >= 11 is 0. The minimum atomic E-state index is -1.06. The maximum absolute atomic E-state index is 12.6. The zero-order valence-electron chi connectivity index (χ0n) is 25.3. The van der Waals surface area contributed by atoms with Crippen LogP contribution in [0.25, 0.3) is 0 Å². The monoisotopic (exact) mass is 522 g/mol. The largest absolute Gasteiger partial charge is 0.478 e. The van der Waals surface area contributed by atoms with Crippen LogP contribution in [0.1, 0.15) is 115 Å². The van der Waals surface area contributed by atoms with Crippen molar-refractivity contribution in [3.63, 3.8) is 0 Å². The van der Waals surface area contributed by atoms with Gasteiger partial charge in [-0.25, -0.2) is 9.59 Å². The Morgan fingerprint density at radius 3 is 1.86 bits per heavy atom. The first-order valence-electron chi connectivity index (χ1n) is 14.0. The van der Waals surface area contributed by atoms with Gasteiger partial charge in [0.25, 0.3) is 0 Å². The molecular formula is C31H54O6. The minimum Gasteiger partial charge on any atom is -0.478 e. The lowest BCUT2D eigenvalue weighted by atomic mass is 9.84. The van der Waals surface area contributed by atoms with E-state index in [4.69, 9.17) is 9.47 Å². The minimum absolute atomic E-state index is 0.0159. The van der Waals surface area contributed by atoms with Crippen LogP contribution in [0.2, 0.25) is 0 Å². The van der Waals surface area contributed by atoms with Crippen molar-refractivity contribution in [1.29, 1.82) is 0 Å². The van der Waals surface area contributed by atoms with Crippen molar-refractivity contribution < 1.29 is 29.0 Å². The smallest absolute Gasteiger partial charge is 0.347 e. The second-order valence-electron chi connectivity index (χ2n) is 12.3. The van der Waals surface area contributed by atoms with Crippen LogP contribution >= 0.6 is 0 Å². The fourth-order valence-electron chi connectivity index (χ4n) is 4.75. The molecule has 0 aromatic carbocycles. The highest BCUT2D eigenvalue weighted by Crippen LogP contribution is 2.26. The number of esters is 2. The zero-order chi connectivity index (χ0) is 28.9. The molecule has 0 bridgehead atoms. The van der Waals surface area contributed by atoms with Gasteiger partial charge in [-0.1, -0.05) is 66.5 Å². The van der Waals surface area contributed by atoms with E-state index in [0.29, 0.717) is 17.8 Å². The highest BCUT2D eigenvalue weighted by molar-refractivity contribution is 5.88. The lowest BCUT2D eigenvalue weighted by molar-refractivity contribution is -0.177. The van der Waals surface area contributed by atoms with Gasteiger partial charge in [-0.05, 0) is 89.5 Å². The maximum atomic E-state index is 12.6. The quantitative estimate of drug-likeness (QED) is 0.127. The van der Waals surface area contributed by atoms with Crippen molar-refractivity contribution in [2.75, 3.05) is 0 Å². The van der Waals surface area contributed by atoms with Gasteiger partial charge in [-0.15, -0.1) is 0 Å². The van der Waals surface area contributed by atoms with Gasteiger partial charge in [0.15, 0.2) is 6.10 Å². The highest BCUT2D eigenvalue weighted by Gasteiger charge is 2.29. The lowest BCUT2D eigenvalue weighted by Gasteiger charge is -2.24. The summed E-state index contributed by atoms with van der Waals surface area (Å²) in [6.45, 7) is 21.8. The number of rotatable bonds is 16. The summed E-state index contributed by atoms with van der Waals surface area (Å²) < 4.78 is 10.7. The maximum Gasteiger partial charge on any atom is 0.347 e. The van der Waals surface area contributed by atoms with E-state index >= 15 is 0 Å². The molecular weight excluding hydrogens is 468 g/mol. The SMILES string of the molecule is CCC(C)CC(C)CC(C)CC(C)/C=C(C)/C=C(/CC(C)C(=O)O[C@H](CC)C(=O)OC(C)(C)C)C(=O)O. The molecule has 1 N–H and O–H groups in total. The molecule has 0 aliphatic carbocycles. The van der Waals surface area contributed by atoms with Crippen molar-refractivity contribution in [3.05, 3.63) is 23.3 Å². The van der Waals surface area contributed by atoms with Crippen LogP contribution in [0, 0.1) is 29.6 Å². The van der Waals surface area contributed by atoms with E-state index in [9.17, 15) is 19.5 Å². The molecule has 6 nitrogen and oxygen atoms in total. The Hall–Kier alpha value is -2.11. The van der Waals surface area contributed by atoms with Gasteiger partial charge in [-0.3, -0.25) is 4.79 Å². The molecule has 0 aromatic heterocycles. The van der Waals surface area contributed by atoms with Crippen molar-refractivity contribution in [2.45, 2.75) is 126 Å². The average Bonchev–Trinajstić information content (AvgIpc) is 2.74. The topological polar surface area (TPSA) is 89.9 Å². The second-order valence-corrected chi connectivity index (χ2v) is 12.3. The number of hydrogen-bond donors (Lipinski definition) is 1. The van der Waals surface area contributed by atoms with Crippen LogP contribution in [0.5, 0.6) is 0 Å². The predicted molar refractivity (Wildman–Crippen MR) is 150 cm³/mol. The van der Waals surface area contributed by atoms with Crippen LogP contribution < -0.4 is 0 Å². The summed E-state index contributed by atoms with van der Waals surface area (Å²) in [7, 11) is 0. The van der Waals surface area contributed by atoms with Crippen LogP contribution in [0.3, 0.4) is 0 Å². The van der Waals surface area contributed by atoms with E-state index in [1.807, 2.05) is 6.92 Å². The molecule has 6 atom stereocenters. The van der Waals surface area contributed by atoms with Crippen LogP contribution in [-0.4, -0.2) is 34.7 Å². The molecule has 0 aromatic rings. The van der Waals surface area contributed by atoms with Crippen LogP contribution in [0.15, 0.2) is 23.3 Å². The molecule has 0 heterocycles. The summed E-state index contributed by atoms with van der Waals surface area (Å²) in [6.07, 6.45) is 7.75. The summed E-state index contributed by atoms with van der Waals surface area (Å²) in [4.78, 5) is 36.9. The highest BCUT2D eigenvalue weighted by atomic mass is 16.6. The van der Waals surface area contributed by atoms with E-state index in [1.165, 1.54) is 19.3 Å². The first-order chi connectivity index (χ1) is 17.0. The van der Waals surface area contributed by atoms with Crippen molar-refractivity contribution in [1.82, 2.24) is 0 Å². The number of carbonyl (C=O) groups excluding carboxylic acids is 2. The average molecular weight is 523 g/mol. The summed E-state index contributed by atoms with van der Waals surface area (Å²) in [5.74, 6) is -0.620. The number of ether oxygens (including phenoxy) is 2. The third-order valence-corrected chi connectivity index (χ3v) is 6.53. The Morgan fingerprint density at radius 2 is 1.38 bits per heavy atom. The third kappa shape index (κ3) is 15.7. The molecule has 0 aliphatic heterocycles. The van der Waals surface area contributed by atoms with E-state index in [0.717, 1.165) is 17.9 Å². The standard InChI is InChI=1S/C31H54O6/c1-12-20(3)14-21(4)15-22(5)16-23(6)17-24(7)18-26(28(32)33)19-25(8)29(34)36-27(13-2)30(35)37-31(9,10)11/h17-18,20-23,25,27H,12-16,19H2,1-11H3,(H,32,33)/b24-17+,26-18-/t20?,21?,22?,23?,25?,27-/m1/s1. The van der Waals surface area contributed by atoms with Crippen molar-refractivity contribution in [2.24, 2.45) is 29.6 Å². The predicted octanol–water partition coefficient (Wildman–Crippen LogP) is 7.76. The van der Waals surface area contributed by atoms with E-state index in [-0.39, 0.29) is 18.4 Å². The van der Waals surface area contributed by atoms with Gasteiger partial charge in [0, 0.05) is 5.57 Å². The first-order valence-corrected chi connectivity index (χ1v) is 14.0. The summed E-state index contributed by atoms with van der Waals surface area (Å²) in [5, 5.41) is 9.75. The van der Waals surface area contributed by atoms with Gasteiger partial charge < -0.3 is 14.6 Å². The van der Waals surface area contributed by atoms with E-state index in [2.05, 4.69) is 40.7 Å². The Morgan fingerprint density at radius 1 is 0.838 bits per heavy atom. The molecule has 6 heteroatoms. The van der Waals surface area contributed by atoms with Crippen molar-refractivity contribution in [3.8, 4) is 0 Å². The van der Waals surface area contributed by atoms with Crippen molar-refractivity contribution >= 4 is 17.9 Å². The van der Waals surface area contributed by atoms with Gasteiger partial charge in [0.2, 0.25) is 0 Å². The normalized spacial score (nSPS) is 17.8. The zero-order valence-corrected chi connectivity index (χ0v) is 25.3. The van der Waals surface area contributed by atoms with Crippen LogP contribution in [0.4, 0.5) is 0 Å². The molecule has 0 fully saturated rings. The van der Waals surface area contributed by atoms with Gasteiger partial charge in [-0.2, -0.15) is 0 Å². The molecule has 0 rings (SSSR count). The number of carboxylic acids is 1. The van der Waals surface area contributed by atoms with Gasteiger partial charge in [0.05, 0.1) is 5.92 Å². The number of aliphatic carboxylic acids is 1. The fourth-order valence-corrected chi connectivity index (χ4v) is 4.75. The van der Waals surface area contributed by atoms with E-state index in [1.54, 1.807) is 40.7 Å². The molecule has 37 heavy (non-hydrogen) atoms. The third-order valence-electron chi connectivity index (χ3n) is 6.53. The van der Waals surface area contributed by atoms with Crippen LogP contribution in [-0.2, 0) is 23.9 Å². The lowest BCUT2D eigenvalue weighted by Crippen LogP contribution is -2.35. The number of allylic oxidation sites excluding steroid dienone is 3. The number of hydrogen-bond acceptors (Lipinski definition) is 5. The Labute approximate surface area is 226 Å². The summed E-state index contributed by atoms with van der Waals surface area (Å²) in [5.41, 5.74) is 0.323. The first kappa shape index (κ1) is 34.9. The Bertz CT molecular complexity index is 788. The molecule has 214 valence electrons. The fraction of sp³-hybridized carbons (Fsp3) is 0.774. The van der Waals surface area contributed by atoms with Gasteiger partial charge in [0.1, 0.15) is 5.60 Å². The molecule has 0 aliphatic rings. The summed E-state index contributed by atoms with van der Waals surface area (Å²) in [6, 6.07) is 0. The number of carboxylic acid groups (broad SMARTS) is 1. The molecule has 0 saturated carbocycles. The van der Waals surface area contributed by atoms with E-state index < -0.39 is 35.5 Å². The molecule has 0 radical (unpaired) electrons. The number of carbonyl (C=O) groups is 3. The molecule has 5 unspecified atom stereocenters. The van der Waals surface area contributed by atoms with Gasteiger partial charge >= 0.3 is 17.9 Å². The molecule has 0 spiro atoms.